The summed E-state index contributed by atoms with van der Waals surface area (Å²) in [5.41, 5.74) is 6.66. The third kappa shape index (κ3) is 6.23. The van der Waals surface area contributed by atoms with Crippen LogP contribution in [-0.2, 0) is 6.42 Å². The maximum Gasteiger partial charge on any atom is 0.188 e. The predicted molar refractivity (Wildman–Crippen MR) is 74.1 cm³/mol. The van der Waals surface area contributed by atoms with E-state index >= 15 is 0 Å². The van der Waals surface area contributed by atoms with Gasteiger partial charge >= 0.3 is 0 Å². The van der Waals surface area contributed by atoms with Crippen LogP contribution in [0.15, 0.2) is 29.3 Å². The molecule has 0 fully saturated rings. The Morgan fingerprint density at radius 2 is 2.11 bits per heavy atom. The number of nitrogens with two attached hydrogens (primary N) is 1. The molecule has 0 spiro atoms. The molecule has 0 atom stereocenters. The van der Waals surface area contributed by atoms with Gasteiger partial charge in [-0.2, -0.15) is 0 Å². The summed E-state index contributed by atoms with van der Waals surface area (Å²) in [5, 5.41) is 3.09. The number of guanidine groups is 1. The molecule has 0 radical (unpaired) electrons. The monoisotopic (exact) mass is 251 g/mol. The molecule has 0 saturated heterocycles. The number of nitrogens with zero attached hydrogens (tertiary/aromatic N) is 1. The highest BCUT2D eigenvalue weighted by Gasteiger charge is 2.09. The molecule has 1 aromatic rings. The molecule has 0 aliphatic rings. The highest BCUT2D eigenvalue weighted by Crippen LogP contribution is 2.06. The van der Waals surface area contributed by atoms with E-state index in [1.54, 1.807) is 12.1 Å². The van der Waals surface area contributed by atoms with E-state index in [4.69, 9.17) is 5.73 Å². The van der Waals surface area contributed by atoms with Crippen molar-refractivity contribution in [2.45, 2.75) is 39.2 Å². The van der Waals surface area contributed by atoms with Gasteiger partial charge in [0.2, 0.25) is 0 Å². The predicted octanol–water partition coefficient (Wildman–Crippen LogP) is 2.46. The second-order valence-electron chi connectivity index (χ2n) is 5.38. The summed E-state index contributed by atoms with van der Waals surface area (Å²) in [4.78, 5) is 4.24. The van der Waals surface area contributed by atoms with Crippen LogP contribution in [0.1, 0.15) is 32.8 Å². The van der Waals surface area contributed by atoms with Crippen molar-refractivity contribution < 1.29 is 4.39 Å². The molecular formula is C14H22FN3. The molecule has 0 aliphatic carbocycles. The topological polar surface area (TPSA) is 50.4 Å². The van der Waals surface area contributed by atoms with Crippen LogP contribution in [0.3, 0.4) is 0 Å². The molecule has 1 aromatic carbocycles. The first kappa shape index (κ1) is 14.5. The second-order valence-corrected chi connectivity index (χ2v) is 5.38. The number of hydrogen-bond acceptors (Lipinski definition) is 1. The average Bonchev–Trinajstić information content (AvgIpc) is 2.22. The fourth-order valence-corrected chi connectivity index (χ4v) is 1.60. The van der Waals surface area contributed by atoms with E-state index in [-0.39, 0.29) is 11.4 Å². The van der Waals surface area contributed by atoms with Gasteiger partial charge in [-0.1, -0.05) is 12.1 Å². The van der Waals surface area contributed by atoms with Crippen LogP contribution in [0.4, 0.5) is 4.39 Å². The lowest BCUT2D eigenvalue weighted by molar-refractivity contribution is 0.508. The molecule has 0 heterocycles. The van der Waals surface area contributed by atoms with Crippen molar-refractivity contribution >= 4 is 5.96 Å². The summed E-state index contributed by atoms with van der Waals surface area (Å²) in [5.74, 6) is 0.270. The zero-order valence-electron chi connectivity index (χ0n) is 11.3. The summed E-state index contributed by atoms with van der Waals surface area (Å²) < 4.78 is 12.9. The van der Waals surface area contributed by atoms with Gasteiger partial charge < -0.3 is 11.1 Å². The smallest absolute Gasteiger partial charge is 0.188 e. The summed E-state index contributed by atoms with van der Waals surface area (Å²) in [6, 6.07) is 6.65. The normalized spacial score (nSPS) is 12.6. The van der Waals surface area contributed by atoms with Gasteiger partial charge in [-0.3, -0.25) is 4.99 Å². The van der Waals surface area contributed by atoms with E-state index in [1.165, 1.54) is 6.07 Å². The Morgan fingerprint density at radius 3 is 2.72 bits per heavy atom. The van der Waals surface area contributed by atoms with E-state index in [9.17, 15) is 4.39 Å². The number of rotatable bonds is 4. The number of nitrogens with one attached hydrogen (secondary N) is 1. The molecule has 0 saturated carbocycles. The van der Waals surface area contributed by atoms with Gasteiger partial charge in [0.15, 0.2) is 5.96 Å². The van der Waals surface area contributed by atoms with Crippen LogP contribution in [0, 0.1) is 5.82 Å². The van der Waals surface area contributed by atoms with E-state index in [2.05, 4.69) is 10.3 Å². The van der Waals surface area contributed by atoms with Gasteiger partial charge in [0.05, 0.1) is 0 Å². The summed E-state index contributed by atoms with van der Waals surface area (Å²) in [6.45, 7) is 6.73. The van der Waals surface area contributed by atoms with Crippen molar-refractivity contribution in [3.8, 4) is 0 Å². The standard InChI is InChI=1S/C14H22FN3/c1-14(2,3)18-13(16)17-9-5-7-11-6-4-8-12(15)10-11/h4,6,8,10H,5,7,9H2,1-3H3,(H3,16,17,18). The Morgan fingerprint density at radius 1 is 1.39 bits per heavy atom. The molecule has 100 valence electrons. The minimum absolute atomic E-state index is 0.0733. The zero-order chi connectivity index (χ0) is 13.6. The zero-order valence-corrected chi connectivity index (χ0v) is 11.3. The molecule has 0 aliphatic heterocycles. The van der Waals surface area contributed by atoms with Crippen molar-refractivity contribution in [2.75, 3.05) is 6.54 Å². The van der Waals surface area contributed by atoms with Gasteiger partial charge in [-0.25, -0.2) is 4.39 Å². The third-order valence-corrected chi connectivity index (χ3v) is 2.30. The largest absolute Gasteiger partial charge is 0.370 e. The SMILES string of the molecule is CC(C)(C)NC(N)=NCCCc1cccc(F)c1. The number of aryl methyl sites for hydroxylation is 1. The quantitative estimate of drug-likeness (QED) is 0.490. The van der Waals surface area contributed by atoms with Crippen LogP contribution in [0.25, 0.3) is 0 Å². The average molecular weight is 251 g/mol. The minimum Gasteiger partial charge on any atom is -0.370 e. The van der Waals surface area contributed by atoms with Gasteiger partial charge in [0.1, 0.15) is 5.82 Å². The van der Waals surface area contributed by atoms with Crippen LogP contribution >= 0.6 is 0 Å². The summed E-state index contributed by atoms with van der Waals surface area (Å²) in [7, 11) is 0. The molecule has 0 unspecified atom stereocenters. The van der Waals surface area contributed by atoms with Crippen LogP contribution < -0.4 is 11.1 Å². The molecule has 18 heavy (non-hydrogen) atoms. The van der Waals surface area contributed by atoms with Crippen LogP contribution in [-0.4, -0.2) is 18.0 Å². The fourth-order valence-electron chi connectivity index (χ4n) is 1.60. The molecule has 4 heteroatoms. The Balaban J connectivity index is 2.32. The lowest BCUT2D eigenvalue weighted by atomic mass is 10.1. The second kappa shape index (κ2) is 6.38. The fraction of sp³-hybridized carbons (Fsp3) is 0.500. The number of benzene rings is 1. The molecule has 0 aromatic heterocycles. The van der Waals surface area contributed by atoms with Gasteiger partial charge in [-0.05, 0) is 51.3 Å². The number of hydrogen-bond donors (Lipinski definition) is 2. The first-order valence-corrected chi connectivity index (χ1v) is 6.19. The van der Waals surface area contributed by atoms with Crippen molar-refractivity contribution in [3.63, 3.8) is 0 Å². The highest BCUT2D eigenvalue weighted by molar-refractivity contribution is 5.78. The van der Waals surface area contributed by atoms with E-state index in [0.29, 0.717) is 12.5 Å². The van der Waals surface area contributed by atoms with Crippen molar-refractivity contribution in [1.82, 2.24) is 5.32 Å². The van der Waals surface area contributed by atoms with Crippen LogP contribution in [0.2, 0.25) is 0 Å². The molecule has 3 nitrogen and oxygen atoms in total. The van der Waals surface area contributed by atoms with Crippen molar-refractivity contribution in [1.29, 1.82) is 0 Å². The minimum atomic E-state index is -0.190. The highest BCUT2D eigenvalue weighted by atomic mass is 19.1. The maximum absolute atomic E-state index is 12.9. The Hall–Kier alpha value is -1.58. The first-order chi connectivity index (χ1) is 8.37. The van der Waals surface area contributed by atoms with Gasteiger partial charge in [0.25, 0.3) is 0 Å². The van der Waals surface area contributed by atoms with E-state index in [1.807, 2.05) is 26.8 Å². The van der Waals surface area contributed by atoms with E-state index in [0.717, 1.165) is 18.4 Å². The Bertz CT molecular complexity index is 408. The van der Waals surface area contributed by atoms with Crippen LogP contribution in [0.5, 0.6) is 0 Å². The Kier molecular flexibility index (Phi) is 5.13. The van der Waals surface area contributed by atoms with Gasteiger partial charge in [-0.15, -0.1) is 0 Å². The van der Waals surface area contributed by atoms with Gasteiger partial charge in [0, 0.05) is 12.1 Å². The van der Waals surface area contributed by atoms with E-state index < -0.39 is 0 Å². The lowest BCUT2D eigenvalue weighted by Gasteiger charge is -2.20. The summed E-state index contributed by atoms with van der Waals surface area (Å²) in [6.07, 6.45) is 1.67. The molecule has 1 rings (SSSR count). The Labute approximate surface area is 108 Å². The maximum atomic E-state index is 12.9. The lowest BCUT2D eigenvalue weighted by Crippen LogP contribution is -2.45. The first-order valence-electron chi connectivity index (χ1n) is 6.19. The third-order valence-electron chi connectivity index (χ3n) is 2.30. The van der Waals surface area contributed by atoms with Crippen molar-refractivity contribution in [3.05, 3.63) is 35.6 Å². The molecule has 0 amide bonds. The molecular weight excluding hydrogens is 229 g/mol. The number of aliphatic imine (C=N–C) groups is 1. The van der Waals surface area contributed by atoms with Crippen molar-refractivity contribution in [2.24, 2.45) is 10.7 Å². The molecule has 0 bridgehead atoms. The summed E-state index contributed by atoms with van der Waals surface area (Å²) >= 11 is 0. The molecule has 3 N–H and O–H groups in total. The number of halogens is 1.